The summed E-state index contributed by atoms with van der Waals surface area (Å²) in [6.07, 6.45) is -1.05. The molecule has 0 fully saturated rings. The number of nitrogens with zero attached hydrogens (tertiary/aromatic N) is 1. The van der Waals surface area contributed by atoms with Gasteiger partial charge in [-0.05, 0) is 37.6 Å². The van der Waals surface area contributed by atoms with Crippen molar-refractivity contribution in [1.82, 2.24) is 9.79 Å². The van der Waals surface area contributed by atoms with Gasteiger partial charge in [-0.25, -0.2) is 13.2 Å². The number of aryl methyl sites for hydroxylation is 1. The summed E-state index contributed by atoms with van der Waals surface area (Å²) in [5.41, 5.74) is 2.04. The highest BCUT2D eigenvalue weighted by molar-refractivity contribution is 7.89. The van der Waals surface area contributed by atoms with Gasteiger partial charge in [0.1, 0.15) is 0 Å². The van der Waals surface area contributed by atoms with Crippen LogP contribution in [-0.2, 0) is 30.9 Å². The Labute approximate surface area is 170 Å². The smallest absolute Gasteiger partial charge is 0.338 e. The highest BCUT2D eigenvalue weighted by atomic mass is 32.2. The van der Waals surface area contributed by atoms with Crippen LogP contribution in [0, 0.1) is 6.92 Å². The molecule has 0 aliphatic carbocycles. The van der Waals surface area contributed by atoms with E-state index in [1.165, 1.54) is 45.3 Å². The van der Waals surface area contributed by atoms with Gasteiger partial charge in [0.15, 0.2) is 6.10 Å². The maximum Gasteiger partial charge on any atom is 0.338 e. The minimum absolute atomic E-state index is 0.00811. The second-order valence-electron chi connectivity index (χ2n) is 6.38. The van der Waals surface area contributed by atoms with E-state index in [1.54, 1.807) is 0 Å². The minimum Gasteiger partial charge on any atom is -0.449 e. The van der Waals surface area contributed by atoms with Gasteiger partial charge in [0.05, 0.1) is 17.6 Å². The molecular formula is C20H24N2O6S. The number of hydrogen-bond donors (Lipinski definition) is 1. The second kappa shape index (κ2) is 9.64. The number of amides is 1. The lowest BCUT2D eigenvalue weighted by atomic mass is 10.1. The lowest BCUT2D eigenvalue weighted by Crippen LogP contribution is -2.35. The summed E-state index contributed by atoms with van der Waals surface area (Å²) in [6, 6.07) is 13.0. The summed E-state index contributed by atoms with van der Waals surface area (Å²) in [5.74, 6) is -1.26. The van der Waals surface area contributed by atoms with Crippen LogP contribution < -0.4 is 5.32 Å². The Balaban J connectivity index is 2.01. The highest BCUT2D eigenvalue weighted by Crippen LogP contribution is 2.17. The van der Waals surface area contributed by atoms with Gasteiger partial charge in [-0.3, -0.25) is 9.63 Å². The third kappa shape index (κ3) is 5.86. The number of benzene rings is 2. The highest BCUT2D eigenvalue weighted by Gasteiger charge is 2.24. The molecule has 0 radical (unpaired) electrons. The molecule has 0 heterocycles. The molecule has 1 atom stereocenters. The fourth-order valence-corrected chi connectivity index (χ4v) is 3.37. The number of esters is 1. The molecule has 2 rings (SSSR count). The van der Waals surface area contributed by atoms with Gasteiger partial charge >= 0.3 is 5.97 Å². The van der Waals surface area contributed by atoms with Crippen molar-refractivity contribution in [2.75, 3.05) is 14.2 Å². The molecule has 0 aliphatic rings. The third-order valence-electron chi connectivity index (χ3n) is 4.20. The number of rotatable bonds is 8. The van der Waals surface area contributed by atoms with Crippen molar-refractivity contribution in [3.63, 3.8) is 0 Å². The van der Waals surface area contributed by atoms with E-state index in [1.807, 2.05) is 31.2 Å². The number of nitrogens with one attached hydrogen (secondary N) is 1. The van der Waals surface area contributed by atoms with E-state index in [2.05, 4.69) is 5.32 Å². The van der Waals surface area contributed by atoms with E-state index < -0.39 is 28.0 Å². The van der Waals surface area contributed by atoms with Crippen molar-refractivity contribution in [3.8, 4) is 0 Å². The van der Waals surface area contributed by atoms with Crippen LogP contribution in [0.25, 0.3) is 0 Å². The van der Waals surface area contributed by atoms with Gasteiger partial charge in [-0.15, -0.1) is 0 Å². The molecule has 2 aromatic rings. The summed E-state index contributed by atoms with van der Waals surface area (Å²) in [6.45, 7) is 3.72. The third-order valence-corrected chi connectivity index (χ3v) is 5.88. The first-order valence-corrected chi connectivity index (χ1v) is 10.3. The predicted molar refractivity (Wildman–Crippen MR) is 106 cm³/mol. The van der Waals surface area contributed by atoms with Crippen molar-refractivity contribution < 1.29 is 27.6 Å². The molecule has 29 heavy (non-hydrogen) atoms. The van der Waals surface area contributed by atoms with Crippen LogP contribution in [0.2, 0.25) is 0 Å². The average Bonchev–Trinajstić information content (AvgIpc) is 2.72. The predicted octanol–water partition coefficient (Wildman–Crippen LogP) is 2.04. The van der Waals surface area contributed by atoms with Crippen molar-refractivity contribution >= 4 is 21.9 Å². The molecule has 2 aromatic carbocycles. The zero-order valence-corrected chi connectivity index (χ0v) is 17.5. The fraction of sp³-hybridized carbons (Fsp3) is 0.300. The van der Waals surface area contributed by atoms with Crippen LogP contribution in [0.15, 0.2) is 53.4 Å². The van der Waals surface area contributed by atoms with E-state index >= 15 is 0 Å². The Morgan fingerprint density at radius 3 is 2.41 bits per heavy atom. The Morgan fingerprint density at radius 1 is 1.14 bits per heavy atom. The zero-order chi connectivity index (χ0) is 21.6. The minimum atomic E-state index is -3.91. The molecule has 0 aliphatic heterocycles. The zero-order valence-electron chi connectivity index (χ0n) is 16.7. The normalized spacial score (nSPS) is 12.4. The number of hydroxylamine groups is 1. The van der Waals surface area contributed by atoms with Crippen molar-refractivity contribution in [2.24, 2.45) is 0 Å². The molecule has 0 bridgehead atoms. The van der Waals surface area contributed by atoms with Crippen LogP contribution >= 0.6 is 0 Å². The Kier molecular flexibility index (Phi) is 7.49. The molecule has 0 unspecified atom stereocenters. The van der Waals surface area contributed by atoms with E-state index in [9.17, 15) is 18.0 Å². The Morgan fingerprint density at radius 2 is 1.79 bits per heavy atom. The molecule has 0 aromatic heterocycles. The van der Waals surface area contributed by atoms with Crippen LogP contribution in [0.5, 0.6) is 0 Å². The Hall–Kier alpha value is -2.75. The van der Waals surface area contributed by atoms with Gasteiger partial charge < -0.3 is 10.1 Å². The molecular weight excluding hydrogens is 396 g/mol. The van der Waals surface area contributed by atoms with E-state index in [0.29, 0.717) is 11.0 Å². The summed E-state index contributed by atoms with van der Waals surface area (Å²) in [4.78, 5) is 29.1. The summed E-state index contributed by atoms with van der Waals surface area (Å²) in [7, 11) is -1.46. The molecule has 0 saturated carbocycles. The molecule has 1 amide bonds. The maximum atomic E-state index is 12.3. The van der Waals surface area contributed by atoms with Crippen molar-refractivity contribution in [2.45, 2.75) is 31.4 Å². The van der Waals surface area contributed by atoms with Crippen LogP contribution in [0.4, 0.5) is 0 Å². The number of carbonyl (C=O) groups excluding carboxylic acids is 2. The maximum absolute atomic E-state index is 12.3. The lowest BCUT2D eigenvalue weighted by Gasteiger charge is -2.16. The average molecular weight is 420 g/mol. The SMILES string of the molecule is CON(C)S(=O)(=O)c1cccc(C(=O)O[C@@H](C)C(=O)NCc2ccc(C)cc2)c1. The lowest BCUT2D eigenvalue weighted by molar-refractivity contribution is -0.129. The second-order valence-corrected chi connectivity index (χ2v) is 8.31. The first kappa shape index (κ1) is 22.5. The topological polar surface area (TPSA) is 102 Å². The quantitative estimate of drug-likeness (QED) is 0.518. The summed E-state index contributed by atoms with van der Waals surface area (Å²) < 4.78 is 30.4. The van der Waals surface area contributed by atoms with Crippen LogP contribution in [0.3, 0.4) is 0 Å². The number of hydrogen-bond acceptors (Lipinski definition) is 6. The van der Waals surface area contributed by atoms with E-state index in [0.717, 1.165) is 11.1 Å². The van der Waals surface area contributed by atoms with Gasteiger partial charge in [0.25, 0.3) is 15.9 Å². The van der Waals surface area contributed by atoms with Gasteiger partial charge in [0, 0.05) is 13.6 Å². The largest absolute Gasteiger partial charge is 0.449 e. The van der Waals surface area contributed by atoms with Gasteiger partial charge in [-0.1, -0.05) is 40.4 Å². The van der Waals surface area contributed by atoms with E-state index in [-0.39, 0.29) is 10.5 Å². The van der Waals surface area contributed by atoms with Gasteiger partial charge in [0.2, 0.25) is 0 Å². The first-order valence-electron chi connectivity index (χ1n) is 8.82. The summed E-state index contributed by atoms with van der Waals surface area (Å²) in [5, 5.41) is 2.70. The summed E-state index contributed by atoms with van der Waals surface area (Å²) >= 11 is 0. The molecule has 156 valence electrons. The number of sulfonamides is 1. The fourth-order valence-electron chi connectivity index (χ4n) is 2.35. The Bertz CT molecular complexity index is 973. The molecule has 9 heteroatoms. The molecule has 1 N–H and O–H groups in total. The number of ether oxygens (including phenoxy) is 1. The van der Waals surface area contributed by atoms with Crippen LogP contribution in [-0.4, -0.2) is 45.0 Å². The first-order chi connectivity index (χ1) is 13.6. The van der Waals surface area contributed by atoms with Gasteiger partial charge in [-0.2, -0.15) is 0 Å². The molecule has 0 saturated heterocycles. The van der Waals surface area contributed by atoms with Crippen LogP contribution in [0.1, 0.15) is 28.4 Å². The monoisotopic (exact) mass is 420 g/mol. The standard InChI is InChI=1S/C20H24N2O6S/c1-14-8-10-16(11-9-14)13-21-19(23)15(2)28-20(24)17-6-5-7-18(12-17)29(25,26)22(3)27-4/h5-12,15H,13H2,1-4H3,(H,21,23)/t15-/m0/s1. The van der Waals surface area contributed by atoms with E-state index in [4.69, 9.17) is 9.57 Å². The van der Waals surface area contributed by atoms with Crippen molar-refractivity contribution in [1.29, 1.82) is 0 Å². The number of carbonyl (C=O) groups is 2. The molecule has 0 spiro atoms. The van der Waals surface area contributed by atoms with Crippen molar-refractivity contribution in [3.05, 3.63) is 65.2 Å². The molecule has 8 nitrogen and oxygen atoms in total.